The second kappa shape index (κ2) is 9.33. The Kier molecular flexibility index (Phi) is 7.21. The number of carbonyl (C=O) groups excluding carboxylic acids is 1. The van der Waals surface area contributed by atoms with Crippen molar-refractivity contribution in [2.45, 2.75) is 44.0 Å². The Balaban J connectivity index is 1.95. The van der Waals surface area contributed by atoms with E-state index in [0.717, 1.165) is 0 Å². The summed E-state index contributed by atoms with van der Waals surface area (Å²) < 4.78 is 57.0. The van der Waals surface area contributed by atoms with Crippen LogP contribution >= 0.6 is 0 Å². The summed E-state index contributed by atoms with van der Waals surface area (Å²) in [4.78, 5) is 15.0. The summed E-state index contributed by atoms with van der Waals surface area (Å²) in [5.41, 5.74) is 0.931. The first-order chi connectivity index (χ1) is 14.2. The van der Waals surface area contributed by atoms with Crippen LogP contribution in [0, 0.1) is 0 Å². The van der Waals surface area contributed by atoms with E-state index in [-0.39, 0.29) is 47.0 Å². The summed E-state index contributed by atoms with van der Waals surface area (Å²) in [7, 11) is -6.89. The zero-order chi connectivity index (χ0) is 21.9. The molecule has 0 aliphatic carbocycles. The maximum absolute atomic E-state index is 13.3. The van der Waals surface area contributed by atoms with Gasteiger partial charge >= 0.3 is 0 Å². The highest BCUT2D eigenvalue weighted by Crippen LogP contribution is 2.26. The molecule has 2 saturated heterocycles. The van der Waals surface area contributed by atoms with Gasteiger partial charge in [0.25, 0.3) is 5.91 Å². The van der Waals surface area contributed by atoms with Crippen molar-refractivity contribution in [3.8, 4) is 0 Å². The highest BCUT2D eigenvalue weighted by molar-refractivity contribution is 7.91. The average molecular weight is 459 g/mol. The van der Waals surface area contributed by atoms with Gasteiger partial charge in [-0.25, -0.2) is 16.8 Å². The monoisotopic (exact) mass is 458 g/mol. The summed E-state index contributed by atoms with van der Waals surface area (Å²) in [6.45, 7) is 5.50. The van der Waals surface area contributed by atoms with Crippen LogP contribution in [0.4, 0.5) is 0 Å². The molecule has 0 bridgehead atoms. The molecule has 2 aliphatic rings. The van der Waals surface area contributed by atoms with Crippen LogP contribution in [-0.2, 0) is 31.0 Å². The second-order valence-corrected chi connectivity index (χ2v) is 11.9. The smallest absolute Gasteiger partial charge is 0.254 e. The Hall–Kier alpha value is -1.49. The summed E-state index contributed by atoms with van der Waals surface area (Å²) in [6, 6.07) is 4.42. The zero-order valence-electron chi connectivity index (χ0n) is 17.5. The highest BCUT2D eigenvalue weighted by Gasteiger charge is 2.35. The number of aryl methyl sites for hydroxylation is 1. The molecular weight excluding hydrogens is 428 g/mol. The number of amides is 1. The number of rotatable bonds is 7. The third kappa shape index (κ3) is 4.87. The lowest BCUT2D eigenvalue weighted by molar-refractivity contribution is 0.0696. The molecule has 3 rings (SSSR count). The third-order valence-electron chi connectivity index (χ3n) is 5.66. The first kappa shape index (κ1) is 23.2. The van der Waals surface area contributed by atoms with E-state index >= 15 is 0 Å². The number of carbonyl (C=O) groups is 1. The van der Waals surface area contributed by atoms with Gasteiger partial charge in [0.05, 0.1) is 29.6 Å². The summed E-state index contributed by atoms with van der Waals surface area (Å²) in [5, 5.41) is 0. The SMILES string of the molecule is CCCN(C(=O)c1ccc(CC)c(S(=O)(=O)N2CCOCC2)c1)C1CCS(=O)(=O)C1. The lowest BCUT2D eigenvalue weighted by atomic mass is 10.1. The van der Waals surface area contributed by atoms with Gasteiger partial charge in [0, 0.05) is 31.2 Å². The minimum absolute atomic E-state index is 0.0370. The molecule has 8 nitrogen and oxygen atoms in total. The van der Waals surface area contributed by atoms with Crippen LogP contribution in [0.15, 0.2) is 23.1 Å². The van der Waals surface area contributed by atoms with Gasteiger partial charge in [0.15, 0.2) is 9.84 Å². The number of hydrogen-bond acceptors (Lipinski definition) is 6. The van der Waals surface area contributed by atoms with E-state index < -0.39 is 19.9 Å². The van der Waals surface area contributed by atoms with Gasteiger partial charge in [-0.15, -0.1) is 0 Å². The molecule has 0 aromatic heterocycles. The minimum atomic E-state index is -3.75. The number of sulfonamides is 1. The molecule has 0 N–H and O–H groups in total. The number of morpholine rings is 1. The summed E-state index contributed by atoms with van der Waals surface area (Å²) in [6.07, 6.45) is 1.63. The normalized spacial score (nSPS) is 22.1. The number of benzene rings is 1. The lowest BCUT2D eigenvalue weighted by Crippen LogP contribution is -2.42. The molecule has 2 fully saturated rings. The fourth-order valence-electron chi connectivity index (χ4n) is 4.02. The molecule has 0 saturated carbocycles. The van der Waals surface area contributed by atoms with E-state index in [1.807, 2.05) is 13.8 Å². The standard InChI is InChI=1S/C20H30N2O6S2/c1-3-8-22(18-7-13-29(24,25)15-18)20(23)17-6-5-16(4-2)19(14-17)30(26,27)21-9-11-28-12-10-21/h5-6,14,18H,3-4,7-13,15H2,1-2H3. The number of nitrogens with zero attached hydrogens (tertiary/aromatic N) is 2. The summed E-state index contributed by atoms with van der Waals surface area (Å²) in [5.74, 6) is -0.276. The van der Waals surface area contributed by atoms with Crippen LogP contribution < -0.4 is 0 Å². The van der Waals surface area contributed by atoms with Gasteiger partial charge in [-0.3, -0.25) is 4.79 Å². The maximum atomic E-state index is 13.3. The van der Waals surface area contributed by atoms with Gasteiger partial charge in [0.2, 0.25) is 10.0 Å². The molecule has 2 heterocycles. The van der Waals surface area contributed by atoms with Crippen LogP contribution in [0.25, 0.3) is 0 Å². The number of sulfone groups is 1. The van der Waals surface area contributed by atoms with Crippen molar-refractivity contribution in [1.29, 1.82) is 0 Å². The van der Waals surface area contributed by atoms with Crippen LogP contribution in [0.3, 0.4) is 0 Å². The predicted octanol–water partition coefficient (Wildman–Crippen LogP) is 1.31. The third-order valence-corrected chi connectivity index (χ3v) is 9.39. The maximum Gasteiger partial charge on any atom is 0.254 e. The minimum Gasteiger partial charge on any atom is -0.379 e. The predicted molar refractivity (Wildman–Crippen MR) is 114 cm³/mol. The van der Waals surface area contributed by atoms with E-state index in [1.54, 1.807) is 17.0 Å². The van der Waals surface area contributed by atoms with Crippen molar-refractivity contribution >= 4 is 25.8 Å². The Labute approximate surface area is 179 Å². The molecule has 168 valence electrons. The van der Waals surface area contributed by atoms with Crippen molar-refractivity contribution in [2.24, 2.45) is 0 Å². The van der Waals surface area contributed by atoms with Crippen LogP contribution in [0.1, 0.15) is 42.6 Å². The van der Waals surface area contributed by atoms with Crippen LogP contribution in [-0.4, -0.2) is 82.3 Å². The zero-order valence-corrected chi connectivity index (χ0v) is 19.2. The highest BCUT2D eigenvalue weighted by atomic mass is 32.2. The lowest BCUT2D eigenvalue weighted by Gasteiger charge is -2.29. The van der Waals surface area contributed by atoms with Crippen molar-refractivity contribution < 1.29 is 26.4 Å². The van der Waals surface area contributed by atoms with Crippen molar-refractivity contribution in [3.05, 3.63) is 29.3 Å². The van der Waals surface area contributed by atoms with Gasteiger partial charge in [-0.05, 0) is 37.0 Å². The Morgan fingerprint density at radius 2 is 1.93 bits per heavy atom. The molecule has 1 unspecified atom stereocenters. The molecule has 2 aliphatic heterocycles. The Morgan fingerprint density at radius 1 is 1.23 bits per heavy atom. The van der Waals surface area contributed by atoms with Gasteiger partial charge in [-0.2, -0.15) is 4.31 Å². The fourth-order valence-corrected chi connectivity index (χ4v) is 7.48. The van der Waals surface area contributed by atoms with E-state index in [1.165, 1.54) is 10.4 Å². The topological polar surface area (TPSA) is 101 Å². The molecule has 10 heteroatoms. The van der Waals surface area contributed by atoms with Gasteiger partial charge in [-0.1, -0.05) is 19.9 Å². The Morgan fingerprint density at radius 3 is 2.50 bits per heavy atom. The second-order valence-electron chi connectivity index (χ2n) is 7.75. The van der Waals surface area contributed by atoms with Crippen molar-refractivity contribution in [2.75, 3.05) is 44.4 Å². The summed E-state index contributed by atoms with van der Waals surface area (Å²) >= 11 is 0. The molecule has 1 aromatic carbocycles. The number of hydrogen-bond donors (Lipinski definition) is 0. The van der Waals surface area contributed by atoms with Crippen molar-refractivity contribution in [1.82, 2.24) is 9.21 Å². The quantitative estimate of drug-likeness (QED) is 0.611. The van der Waals surface area contributed by atoms with E-state index in [0.29, 0.717) is 44.6 Å². The molecule has 1 aromatic rings. The first-order valence-corrected chi connectivity index (χ1v) is 13.7. The van der Waals surface area contributed by atoms with Gasteiger partial charge in [0.1, 0.15) is 0 Å². The van der Waals surface area contributed by atoms with Crippen LogP contribution in [0.2, 0.25) is 0 Å². The van der Waals surface area contributed by atoms with E-state index in [2.05, 4.69) is 0 Å². The van der Waals surface area contributed by atoms with Crippen LogP contribution in [0.5, 0.6) is 0 Å². The molecule has 0 radical (unpaired) electrons. The Bertz CT molecular complexity index is 985. The van der Waals surface area contributed by atoms with E-state index in [9.17, 15) is 21.6 Å². The largest absolute Gasteiger partial charge is 0.379 e. The first-order valence-electron chi connectivity index (χ1n) is 10.4. The molecule has 1 amide bonds. The van der Waals surface area contributed by atoms with Gasteiger partial charge < -0.3 is 9.64 Å². The van der Waals surface area contributed by atoms with E-state index in [4.69, 9.17) is 4.74 Å². The number of ether oxygens (including phenoxy) is 1. The van der Waals surface area contributed by atoms with Crippen molar-refractivity contribution in [3.63, 3.8) is 0 Å². The molecule has 30 heavy (non-hydrogen) atoms. The average Bonchev–Trinajstić information content (AvgIpc) is 3.11. The molecular formula is C20H30N2O6S2. The fraction of sp³-hybridized carbons (Fsp3) is 0.650. The molecule has 0 spiro atoms. The molecule has 1 atom stereocenters.